The molecular formula is C21H29N7O. The van der Waals surface area contributed by atoms with E-state index in [-0.39, 0.29) is 0 Å². The number of hydrogen-bond acceptors (Lipinski definition) is 7. The van der Waals surface area contributed by atoms with E-state index in [1.807, 2.05) is 13.8 Å². The number of benzene rings is 1. The second-order valence-electron chi connectivity index (χ2n) is 8.25. The van der Waals surface area contributed by atoms with Gasteiger partial charge in [0.15, 0.2) is 0 Å². The van der Waals surface area contributed by atoms with Crippen LogP contribution in [0.2, 0.25) is 0 Å². The average molecular weight is 396 g/mol. The Morgan fingerprint density at radius 1 is 1.14 bits per heavy atom. The van der Waals surface area contributed by atoms with Crippen LogP contribution in [0.25, 0.3) is 11.4 Å². The van der Waals surface area contributed by atoms with Gasteiger partial charge in [0.05, 0.1) is 5.69 Å². The standard InChI is InChI=1S/C21H29N7O/c1-14(2)11-17-5-6-18(21-22-25-26-23-21)20(12-17)28-9-7-27(8-10-28)13-19-15(3)24-29-16(19)4/h5-6,12,14H,7-11,13H2,1-4H3,(H,22,23,25,26). The Morgan fingerprint density at radius 3 is 2.55 bits per heavy atom. The predicted octanol–water partition coefficient (Wildman–Crippen LogP) is 2.99. The van der Waals surface area contributed by atoms with Crippen molar-refractivity contribution in [3.8, 4) is 11.4 Å². The van der Waals surface area contributed by atoms with Gasteiger partial charge in [0, 0.05) is 49.5 Å². The lowest BCUT2D eigenvalue weighted by Gasteiger charge is -2.37. The molecule has 29 heavy (non-hydrogen) atoms. The molecule has 0 aliphatic carbocycles. The number of nitrogens with one attached hydrogen (secondary N) is 1. The van der Waals surface area contributed by atoms with Gasteiger partial charge in [0.25, 0.3) is 0 Å². The lowest BCUT2D eigenvalue weighted by atomic mass is 9.99. The van der Waals surface area contributed by atoms with Crippen molar-refractivity contribution in [3.63, 3.8) is 0 Å². The van der Waals surface area contributed by atoms with Crippen LogP contribution in [0.4, 0.5) is 5.69 Å². The lowest BCUT2D eigenvalue weighted by Crippen LogP contribution is -2.46. The van der Waals surface area contributed by atoms with Crippen LogP contribution in [0, 0.1) is 19.8 Å². The van der Waals surface area contributed by atoms with Gasteiger partial charge in [-0.25, -0.2) is 0 Å². The van der Waals surface area contributed by atoms with Crippen LogP contribution in [0.15, 0.2) is 22.7 Å². The van der Waals surface area contributed by atoms with Crippen molar-refractivity contribution in [2.24, 2.45) is 5.92 Å². The minimum atomic E-state index is 0.616. The van der Waals surface area contributed by atoms with Crippen LogP contribution in [0.3, 0.4) is 0 Å². The predicted molar refractivity (Wildman–Crippen MR) is 112 cm³/mol. The number of aromatic nitrogens is 5. The van der Waals surface area contributed by atoms with E-state index in [4.69, 9.17) is 4.52 Å². The van der Waals surface area contributed by atoms with E-state index < -0.39 is 0 Å². The minimum absolute atomic E-state index is 0.616. The SMILES string of the molecule is Cc1noc(C)c1CN1CCN(c2cc(CC(C)C)ccc2-c2nn[nH]n2)CC1. The maximum atomic E-state index is 5.32. The van der Waals surface area contributed by atoms with Gasteiger partial charge in [-0.05, 0) is 49.1 Å². The number of tetrazole rings is 1. The number of nitrogens with zero attached hydrogens (tertiary/aromatic N) is 6. The topological polar surface area (TPSA) is 87.0 Å². The molecular weight excluding hydrogens is 366 g/mol. The van der Waals surface area contributed by atoms with Gasteiger partial charge in [-0.1, -0.05) is 25.1 Å². The third-order valence-electron chi connectivity index (χ3n) is 5.57. The van der Waals surface area contributed by atoms with E-state index in [0.29, 0.717) is 11.7 Å². The fraction of sp³-hybridized carbons (Fsp3) is 0.524. The molecule has 3 aromatic rings. The molecule has 0 unspecified atom stereocenters. The van der Waals surface area contributed by atoms with E-state index in [2.05, 4.69) is 67.6 Å². The zero-order valence-electron chi connectivity index (χ0n) is 17.6. The smallest absolute Gasteiger partial charge is 0.206 e. The summed E-state index contributed by atoms with van der Waals surface area (Å²) in [6.45, 7) is 13.3. The first kappa shape index (κ1) is 19.6. The van der Waals surface area contributed by atoms with Gasteiger partial charge in [-0.2, -0.15) is 5.21 Å². The highest BCUT2D eigenvalue weighted by Crippen LogP contribution is 2.31. The van der Waals surface area contributed by atoms with Gasteiger partial charge >= 0.3 is 0 Å². The number of aromatic amines is 1. The summed E-state index contributed by atoms with van der Waals surface area (Å²) in [4.78, 5) is 4.91. The zero-order valence-corrected chi connectivity index (χ0v) is 17.6. The van der Waals surface area contributed by atoms with Crippen molar-refractivity contribution < 1.29 is 4.52 Å². The Balaban J connectivity index is 1.52. The Bertz CT molecular complexity index is 921. The summed E-state index contributed by atoms with van der Waals surface area (Å²) < 4.78 is 5.32. The summed E-state index contributed by atoms with van der Waals surface area (Å²) in [5.41, 5.74) is 5.78. The maximum Gasteiger partial charge on any atom is 0.206 e. The number of aryl methyl sites for hydroxylation is 2. The Hall–Kier alpha value is -2.74. The molecule has 0 atom stereocenters. The molecule has 8 nitrogen and oxygen atoms in total. The second-order valence-corrected chi connectivity index (χ2v) is 8.25. The average Bonchev–Trinajstić information content (AvgIpc) is 3.34. The normalized spacial score (nSPS) is 15.4. The van der Waals surface area contributed by atoms with Crippen molar-refractivity contribution >= 4 is 5.69 Å². The van der Waals surface area contributed by atoms with Crippen molar-refractivity contribution in [2.75, 3.05) is 31.1 Å². The molecule has 1 saturated heterocycles. The molecule has 8 heteroatoms. The molecule has 0 amide bonds. The summed E-state index contributed by atoms with van der Waals surface area (Å²) in [6.07, 6.45) is 1.06. The van der Waals surface area contributed by atoms with E-state index in [1.165, 1.54) is 16.8 Å². The zero-order chi connectivity index (χ0) is 20.4. The third kappa shape index (κ3) is 4.32. The number of hydrogen-bond donors (Lipinski definition) is 1. The molecule has 0 bridgehead atoms. The van der Waals surface area contributed by atoms with Crippen LogP contribution in [0.5, 0.6) is 0 Å². The fourth-order valence-corrected chi connectivity index (χ4v) is 4.00. The van der Waals surface area contributed by atoms with Crippen LogP contribution in [-0.4, -0.2) is 56.9 Å². The summed E-state index contributed by atoms with van der Waals surface area (Å²) in [5.74, 6) is 2.19. The molecule has 0 saturated carbocycles. The van der Waals surface area contributed by atoms with Crippen molar-refractivity contribution in [2.45, 2.75) is 40.7 Å². The van der Waals surface area contributed by atoms with Gasteiger partial charge in [-0.3, -0.25) is 4.90 Å². The number of piperazine rings is 1. The molecule has 1 aliphatic rings. The molecule has 4 rings (SSSR count). The van der Waals surface area contributed by atoms with Crippen molar-refractivity contribution in [1.29, 1.82) is 0 Å². The van der Waals surface area contributed by atoms with E-state index in [9.17, 15) is 0 Å². The summed E-state index contributed by atoms with van der Waals surface area (Å²) in [6, 6.07) is 6.62. The highest BCUT2D eigenvalue weighted by Gasteiger charge is 2.23. The van der Waals surface area contributed by atoms with E-state index >= 15 is 0 Å². The monoisotopic (exact) mass is 395 g/mol. The summed E-state index contributed by atoms with van der Waals surface area (Å²) in [7, 11) is 0. The highest BCUT2D eigenvalue weighted by molar-refractivity contribution is 5.75. The number of H-pyrrole nitrogens is 1. The first-order chi connectivity index (χ1) is 14.0. The molecule has 0 spiro atoms. The Morgan fingerprint density at radius 2 is 1.93 bits per heavy atom. The Kier molecular flexibility index (Phi) is 5.62. The van der Waals surface area contributed by atoms with Crippen LogP contribution in [0.1, 0.15) is 36.4 Å². The Labute approximate surface area is 171 Å². The fourth-order valence-electron chi connectivity index (χ4n) is 4.00. The maximum absolute atomic E-state index is 5.32. The van der Waals surface area contributed by atoms with Gasteiger partial charge < -0.3 is 9.42 Å². The first-order valence-electron chi connectivity index (χ1n) is 10.3. The first-order valence-corrected chi connectivity index (χ1v) is 10.3. The molecule has 1 N–H and O–H groups in total. The number of anilines is 1. The second kappa shape index (κ2) is 8.32. The van der Waals surface area contributed by atoms with Crippen LogP contribution < -0.4 is 4.90 Å². The minimum Gasteiger partial charge on any atom is -0.368 e. The largest absolute Gasteiger partial charge is 0.368 e. The van der Waals surface area contributed by atoms with Gasteiger partial charge in [-0.15, -0.1) is 10.2 Å². The summed E-state index contributed by atoms with van der Waals surface area (Å²) >= 11 is 0. The molecule has 1 fully saturated rings. The van der Waals surface area contributed by atoms with Crippen LogP contribution in [-0.2, 0) is 13.0 Å². The summed E-state index contributed by atoms with van der Waals surface area (Å²) in [5, 5.41) is 18.8. The van der Waals surface area contributed by atoms with E-state index in [1.54, 1.807) is 0 Å². The van der Waals surface area contributed by atoms with Gasteiger partial charge in [0.2, 0.25) is 5.82 Å². The lowest BCUT2D eigenvalue weighted by molar-refractivity contribution is 0.248. The van der Waals surface area contributed by atoms with Crippen molar-refractivity contribution in [1.82, 2.24) is 30.7 Å². The third-order valence-corrected chi connectivity index (χ3v) is 5.57. The molecule has 2 aromatic heterocycles. The quantitative estimate of drug-likeness (QED) is 0.686. The molecule has 0 radical (unpaired) electrons. The number of rotatable bonds is 6. The molecule has 1 aromatic carbocycles. The molecule has 1 aliphatic heterocycles. The van der Waals surface area contributed by atoms with Crippen LogP contribution >= 0.6 is 0 Å². The van der Waals surface area contributed by atoms with Gasteiger partial charge in [0.1, 0.15) is 5.76 Å². The van der Waals surface area contributed by atoms with E-state index in [0.717, 1.165) is 56.2 Å². The molecule has 154 valence electrons. The molecule has 3 heterocycles. The van der Waals surface area contributed by atoms with Crippen molar-refractivity contribution in [3.05, 3.63) is 40.8 Å². The highest BCUT2D eigenvalue weighted by atomic mass is 16.5.